The van der Waals surface area contributed by atoms with Gasteiger partial charge in [-0.05, 0) is 32.4 Å². The summed E-state index contributed by atoms with van der Waals surface area (Å²) in [7, 11) is -2.13. The molecule has 0 aromatic carbocycles. The van der Waals surface area contributed by atoms with E-state index >= 15 is 0 Å². The van der Waals surface area contributed by atoms with Crippen LogP contribution in [0.1, 0.15) is 17.0 Å². The van der Waals surface area contributed by atoms with Gasteiger partial charge in [0.2, 0.25) is 0 Å². The van der Waals surface area contributed by atoms with Crippen LogP contribution in [0.3, 0.4) is 0 Å². The molecule has 114 valence electrons. The first-order chi connectivity index (χ1) is 9.63. The van der Waals surface area contributed by atoms with E-state index in [1.165, 1.54) is 10.7 Å². The summed E-state index contributed by atoms with van der Waals surface area (Å²) in [5, 5.41) is 4.31. The highest BCUT2D eigenvalue weighted by atomic mass is 35.5. The molecular formula is C12H14Cl2N4O2S. The van der Waals surface area contributed by atoms with E-state index in [0.717, 1.165) is 0 Å². The van der Waals surface area contributed by atoms with Crippen LogP contribution in [0.15, 0.2) is 11.0 Å². The molecule has 2 heterocycles. The van der Waals surface area contributed by atoms with Crippen molar-refractivity contribution in [2.45, 2.75) is 25.7 Å². The summed E-state index contributed by atoms with van der Waals surface area (Å²) in [5.41, 5.74) is 1.75. The summed E-state index contributed by atoms with van der Waals surface area (Å²) in [6.07, 6.45) is 0. The van der Waals surface area contributed by atoms with Gasteiger partial charge >= 0.3 is 0 Å². The fourth-order valence-electron chi connectivity index (χ4n) is 2.05. The molecule has 9 heteroatoms. The first-order valence-electron chi connectivity index (χ1n) is 5.99. The standard InChI is InChI=1S/C12H14Cl2N4O2S/c1-6-5-9(13)15-12(14)10(6)17-21(19,20)11-7(2)16-18(4)8(11)3/h5,17H,1-4H3. The van der Waals surface area contributed by atoms with E-state index in [-0.39, 0.29) is 20.9 Å². The number of hydrogen-bond donors (Lipinski definition) is 1. The Morgan fingerprint density at radius 1 is 1.24 bits per heavy atom. The van der Waals surface area contributed by atoms with Gasteiger partial charge in [0.15, 0.2) is 5.15 Å². The van der Waals surface area contributed by atoms with Crippen LogP contribution < -0.4 is 4.72 Å². The van der Waals surface area contributed by atoms with Gasteiger partial charge < -0.3 is 0 Å². The molecule has 6 nitrogen and oxygen atoms in total. The van der Waals surface area contributed by atoms with Crippen LogP contribution in [-0.4, -0.2) is 23.2 Å². The van der Waals surface area contributed by atoms with Crippen LogP contribution in [0, 0.1) is 20.8 Å². The van der Waals surface area contributed by atoms with Crippen molar-refractivity contribution < 1.29 is 8.42 Å². The quantitative estimate of drug-likeness (QED) is 0.865. The van der Waals surface area contributed by atoms with Crippen molar-refractivity contribution in [2.75, 3.05) is 4.72 Å². The van der Waals surface area contributed by atoms with Gasteiger partial charge in [0, 0.05) is 7.05 Å². The topological polar surface area (TPSA) is 76.9 Å². The molecule has 2 rings (SSSR count). The number of sulfonamides is 1. The maximum atomic E-state index is 12.6. The van der Waals surface area contributed by atoms with E-state index in [1.807, 2.05) is 0 Å². The van der Waals surface area contributed by atoms with Crippen LogP contribution in [0.4, 0.5) is 5.69 Å². The van der Waals surface area contributed by atoms with Crippen LogP contribution in [0.2, 0.25) is 10.3 Å². The molecule has 0 atom stereocenters. The molecule has 2 aromatic rings. The summed E-state index contributed by atoms with van der Waals surface area (Å²) in [5.74, 6) is 0. The highest BCUT2D eigenvalue weighted by Crippen LogP contribution is 2.30. The third-order valence-electron chi connectivity index (χ3n) is 3.09. The van der Waals surface area contributed by atoms with Gasteiger partial charge in [0.25, 0.3) is 10.0 Å². The third-order valence-corrected chi connectivity index (χ3v) is 5.16. The van der Waals surface area contributed by atoms with Crippen molar-refractivity contribution in [3.05, 3.63) is 33.3 Å². The average Bonchev–Trinajstić information content (AvgIpc) is 2.58. The first-order valence-corrected chi connectivity index (χ1v) is 8.23. The molecular weight excluding hydrogens is 335 g/mol. The highest BCUT2D eigenvalue weighted by Gasteiger charge is 2.25. The van der Waals surface area contributed by atoms with Gasteiger partial charge in [0.1, 0.15) is 10.0 Å². The van der Waals surface area contributed by atoms with Gasteiger partial charge in [-0.2, -0.15) is 5.10 Å². The number of rotatable bonds is 3. The van der Waals surface area contributed by atoms with Crippen molar-refractivity contribution in [1.82, 2.24) is 14.8 Å². The van der Waals surface area contributed by atoms with Gasteiger partial charge in [-0.3, -0.25) is 9.40 Å². The molecule has 0 bridgehead atoms. The second-order valence-corrected chi connectivity index (χ2v) is 7.02. The molecule has 0 saturated heterocycles. The minimum Gasteiger partial charge on any atom is -0.276 e. The van der Waals surface area contributed by atoms with Crippen molar-refractivity contribution in [3.8, 4) is 0 Å². The number of halogens is 2. The van der Waals surface area contributed by atoms with Gasteiger partial charge in [-0.1, -0.05) is 23.2 Å². The SMILES string of the molecule is Cc1cc(Cl)nc(Cl)c1NS(=O)(=O)c1c(C)nn(C)c1C. The Kier molecular flexibility index (Phi) is 4.19. The number of nitrogens with one attached hydrogen (secondary N) is 1. The van der Waals surface area contributed by atoms with Crippen LogP contribution in [-0.2, 0) is 17.1 Å². The third kappa shape index (κ3) is 3.00. The molecule has 0 aliphatic rings. The predicted molar refractivity (Wildman–Crippen MR) is 82.5 cm³/mol. The van der Waals surface area contributed by atoms with E-state index in [2.05, 4.69) is 14.8 Å². The zero-order valence-corrected chi connectivity index (χ0v) is 14.2. The second kappa shape index (κ2) is 5.47. The lowest BCUT2D eigenvalue weighted by Crippen LogP contribution is -2.16. The lowest BCUT2D eigenvalue weighted by Gasteiger charge is -2.12. The summed E-state index contributed by atoms with van der Waals surface area (Å²) in [6, 6.07) is 1.54. The fraction of sp³-hybridized carbons (Fsp3) is 0.333. The lowest BCUT2D eigenvalue weighted by molar-refractivity contribution is 0.599. The number of pyridine rings is 1. The Labute approximate surface area is 133 Å². The summed E-state index contributed by atoms with van der Waals surface area (Å²) in [4.78, 5) is 3.98. The second-order valence-electron chi connectivity index (χ2n) is 4.66. The molecule has 0 aliphatic heterocycles. The van der Waals surface area contributed by atoms with Gasteiger partial charge in [-0.25, -0.2) is 13.4 Å². The van der Waals surface area contributed by atoms with Gasteiger partial charge in [0.05, 0.1) is 17.1 Å². The Morgan fingerprint density at radius 3 is 2.33 bits per heavy atom. The average molecular weight is 349 g/mol. The van der Waals surface area contributed by atoms with E-state index < -0.39 is 10.0 Å². The number of nitrogens with zero attached hydrogens (tertiary/aromatic N) is 3. The molecule has 21 heavy (non-hydrogen) atoms. The summed E-state index contributed by atoms with van der Waals surface area (Å²) in [6.45, 7) is 5.01. The van der Waals surface area contributed by atoms with E-state index in [4.69, 9.17) is 23.2 Å². The smallest absolute Gasteiger partial charge is 0.265 e. The Bertz CT molecular complexity index is 792. The Balaban J connectivity index is 2.53. The molecule has 0 saturated carbocycles. The number of aromatic nitrogens is 3. The van der Waals surface area contributed by atoms with Crippen molar-refractivity contribution in [3.63, 3.8) is 0 Å². The largest absolute Gasteiger partial charge is 0.276 e. The monoisotopic (exact) mass is 348 g/mol. The molecule has 0 spiro atoms. The Morgan fingerprint density at radius 2 is 1.86 bits per heavy atom. The number of anilines is 1. The minimum atomic E-state index is -3.81. The van der Waals surface area contributed by atoms with E-state index in [0.29, 0.717) is 17.0 Å². The maximum absolute atomic E-state index is 12.6. The van der Waals surface area contributed by atoms with Crippen LogP contribution >= 0.6 is 23.2 Å². The van der Waals surface area contributed by atoms with Crippen molar-refractivity contribution in [1.29, 1.82) is 0 Å². The normalized spacial score (nSPS) is 11.7. The molecule has 0 amide bonds. The van der Waals surface area contributed by atoms with Crippen molar-refractivity contribution in [2.24, 2.45) is 7.05 Å². The summed E-state index contributed by atoms with van der Waals surface area (Å²) >= 11 is 11.7. The molecule has 0 unspecified atom stereocenters. The highest BCUT2D eigenvalue weighted by molar-refractivity contribution is 7.92. The van der Waals surface area contributed by atoms with Gasteiger partial charge in [-0.15, -0.1) is 0 Å². The molecule has 1 N–H and O–H groups in total. The fourth-order valence-corrected chi connectivity index (χ4v) is 4.26. The number of hydrogen-bond acceptors (Lipinski definition) is 4. The predicted octanol–water partition coefficient (Wildman–Crippen LogP) is 2.85. The first kappa shape index (κ1) is 16.1. The number of aryl methyl sites for hydroxylation is 3. The lowest BCUT2D eigenvalue weighted by atomic mass is 10.3. The summed E-state index contributed by atoms with van der Waals surface area (Å²) < 4.78 is 29.1. The van der Waals surface area contributed by atoms with Crippen LogP contribution in [0.25, 0.3) is 0 Å². The molecule has 0 radical (unpaired) electrons. The minimum absolute atomic E-state index is 0.00257. The molecule has 0 aliphatic carbocycles. The van der Waals surface area contributed by atoms with E-state index in [1.54, 1.807) is 27.8 Å². The molecule has 2 aromatic heterocycles. The van der Waals surface area contributed by atoms with Crippen LogP contribution in [0.5, 0.6) is 0 Å². The zero-order valence-electron chi connectivity index (χ0n) is 11.9. The maximum Gasteiger partial charge on any atom is 0.265 e. The Hall–Kier alpha value is -1.31. The zero-order chi connectivity index (χ0) is 15.9. The molecule has 0 fully saturated rings. The van der Waals surface area contributed by atoms with Crippen molar-refractivity contribution >= 4 is 38.9 Å². The van der Waals surface area contributed by atoms with E-state index in [9.17, 15) is 8.42 Å².